The zero-order chi connectivity index (χ0) is 10.4. The average Bonchev–Trinajstić information content (AvgIpc) is 2.09. The zero-order valence-electron chi connectivity index (χ0n) is 8.46. The van der Waals surface area contributed by atoms with E-state index >= 15 is 0 Å². The summed E-state index contributed by atoms with van der Waals surface area (Å²) < 4.78 is 0. The molecule has 0 spiro atoms. The van der Waals surface area contributed by atoms with Crippen LogP contribution in [-0.4, -0.2) is 18.4 Å². The molecule has 14 heavy (non-hydrogen) atoms. The second kappa shape index (κ2) is 5.79. The van der Waals surface area contributed by atoms with Crippen LogP contribution in [0.25, 0.3) is 0 Å². The molecule has 0 aromatic carbocycles. The summed E-state index contributed by atoms with van der Waals surface area (Å²) in [4.78, 5) is 11.5. The minimum absolute atomic E-state index is 0.122. The molecule has 1 rings (SSSR count). The molecule has 1 saturated carbocycles. The van der Waals surface area contributed by atoms with Crippen molar-refractivity contribution in [2.24, 2.45) is 17.4 Å². The third-order valence-corrected chi connectivity index (χ3v) is 2.58. The first-order valence-electron chi connectivity index (χ1n) is 5.23. The van der Waals surface area contributed by atoms with E-state index < -0.39 is 6.04 Å². The van der Waals surface area contributed by atoms with Crippen molar-refractivity contribution in [2.75, 3.05) is 6.54 Å². The van der Waals surface area contributed by atoms with Gasteiger partial charge in [-0.2, -0.15) is 0 Å². The smallest absolute Gasteiger partial charge is 0.164 e. The lowest BCUT2D eigenvalue weighted by Crippen LogP contribution is -2.37. The topological polar surface area (TPSA) is 69.1 Å². The molecule has 1 aliphatic rings. The van der Waals surface area contributed by atoms with Crippen molar-refractivity contribution in [3.63, 3.8) is 0 Å². The van der Waals surface area contributed by atoms with Crippen molar-refractivity contribution in [2.45, 2.75) is 38.1 Å². The van der Waals surface area contributed by atoms with Gasteiger partial charge in [0.15, 0.2) is 5.78 Å². The molecule has 0 unspecified atom stereocenters. The molecule has 1 aliphatic carbocycles. The van der Waals surface area contributed by atoms with E-state index in [-0.39, 0.29) is 11.7 Å². The predicted molar refractivity (Wildman–Crippen MR) is 56.4 cm³/mol. The fraction of sp³-hybridized carbons (Fsp3) is 0.727. The lowest BCUT2D eigenvalue weighted by molar-refractivity contribution is -0.125. The van der Waals surface area contributed by atoms with Crippen LogP contribution >= 0.6 is 0 Å². The maximum absolute atomic E-state index is 11.5. The molecule has 78 valence electrons. The Labute approximate surface area is 85.2 Å². The normalized spacial score (nSPS) is 17.9. The average molecular weight is 194 g/mol. The molecule has 4 N–H and O–H groups in total. The minimum atomic E-state index is -0.571. The summed E-state index contributed by atoms with van der Waals surface area (Å²) in [5, 5.41) is 0. The Morgan fingerprint density at radius 3 is 2.71 bits per heavy atom. The predicted octanol–water partition coefficient (Wildman–Crippen LogP) is 0.425. The van der Waals surface area contributed by atoms with Crippen LogP contribution in [0.1, 0.15) is 32.1 Å². The first kappa shape index (κ1) is 11.2. The highest BCUT2D eigenvalue weighted by atomic mass is 16.1. The number of carbonyl (C=O) groups excluding carboxylic acids is 1. The number of Topliss-reactive ketones (excluding diaryl/α,β-unsaturated/α-hetero) is 1. The van der Waals surface area contributed by atoms with Crippen LogP contribution in [0, 0.1) is 17.8 Å². The van der Waals surface area contributed by atoms with Crippen LogP contribution in [0.3, 0.4) is 0 Å². The van der Waals surface area contributed by atoms with Crippen molar-refractivity contribution in [1.82, 2.24) is 0 Å². The quantitative estimate of drug-likeness (QED) is 0.503. The van der Waals surface area contributed by atoms with Crippen molar-refractivity contribution < 1.29 is 4.79 Å². The molecular weight excluding hydrogens is 176 g/mol. The van der Waals surface area contributed by atoms with Crippen LogP contribution in [0.2, 0.25) is 0 Å². The Bertz CT molecular complexity index is 248. The van der Waals surface area contributed by atoms with Gasteiger partial charge in [0.1, 0.15) is 6.04 Å². The van der Waals surface area contributed by atoms with Crippen LogP contribution < -0.4 is 11.5 Å². The number of hydrogen-bond acceptors (Lipinski definition) is 3. The summed E-state index contributed by atoms with van der Waals surface area (Å²) in [6, 6.07) is -0.571. The summed E-state index contributed by atoms with van der Waals surface area (Å²) in [5.41, 5.74) is 11.0. The molecule has 0 aromatic heterocycles. The molecule has 3 nitrogen and oxygen atoms in total. The second-order valence-electron chi connectivity index (χ2n) is 3.72. The van der Waals surface area contributed by atoms with Gasteiger partial charge in [0.25, 0.3) is 0 Å². The number of ketones is 1. The molecule has 0 bridgehead atoms. The van der Waals surface area contributed by atoms with Gasteiger partial charge in [-0.1, -0.05) is 12.3 Å². The van der Waals surface area contributed by atoms with Gasteiger partial charge in [0, 0.05) is 12.3 Å². The summed E-state index contributed by atoms with van der Waals surface area (Å²) in [5.74, 6) is 5.99. The number of nitrogens with two attached hydrogens (primary N) is 2. The largest absolute Gasteiger partial charge is 0.330 e. The summed E-state index contributed by atoms with van der Waals surface area (Å²) in [6.07, 6.45) is 4.76. The van der Waals surface area contributed by atoms with E-state index in [4.69, 9.17) is 11.5 Å². The van der Waals surface area contributed by atoms with E-state index in [1.165, 1.54) is 0 Å². The fourth-order valence-corrected chi connectivity index (χ4v) is 1.39. The monoisotopic (exact) mass is 194 g/mol. The van der Waals surface area contributed by atoms with Gasteiger partial charge < -0.3 is 11.5 Å². The van der Waals surface area contributed by atoms with Crippen molar-refractivity contribution in [3.05, 3.63) is 0 Å². The Morgan fingerprint density at radius 2 is 2.21 bits per heavy atom. The molecule has 0 amide bonds. The fourth-order valence-electron chi connectivity index (χ4n) is 1.39. The van der Waals surface area contributed by atoms with Gasteiger partial charge in [-0.05, 0) is 25.8 Å². The molecule has 0 aliphatic heterocycles. The van der Waals surface area contributed by atoms with E-state index in [9.17, 15) is 4.79 Å². The van der Waals surface area contributed by atoms with Crippen LogP contribution in [0.4, 0.5) is 0 Å². The van der Waals surface area contributed by atoms with Gasteiger partial charge in [-0.3, -0.25) is 4.79 Å². The van der Waals surface area contributed by atoms with Gasteiger partial charge >= 0.3 is 0 Å². The van der Waals surface area contributed by atoms with E-state index in [1.807, 2.05) is 0 Å². The number of carbonyl (C=O) groups is 1. The third-order valence-electron chi connectivity index (χ3n) is 2.58. The SMILES string of the molecule is NCCCC#C[C@H](N)C(=O)C1CCC1. The highest BCUT2D eigenvalue weighted by Gasteiger charge is 2.28. The van der Waals surface area contributed by atoms with Gasteiger partial charge in [-0.15, -0.1) is 5.92 Å². The van der Waals surface area contributed by atoms with Gasteiger partial charge in [-0.25, -0.2) is 0 Å². The highest BCUT2D eigenvalue weighted by molar-refractivity contribution is 5.89. The summed E-state index contributed by atoms with van der Waals surface area (Å²) >= 11 is 0. The Hall–Kier alpha value is -0.850. The van der Waals surface area contributed by atoms with Crippen molar-refractivity contribution >= 4 is 5.78 Å². The van der Waals surface area contributed by atoms with Crippen LogP contribution in [0.15, 0.2) is 0 Å². The lowest BCUT2D eigenvalue weighted by Gasteiger charge is -2.24. The van der Waals surface area contributed by atoms with Crippen LogP contribution in [0.5, 0.6) is 0 Å². The molecule has 0 saturated heterocycles. The van der Waals surface area contributed by atoms with Crippen LogP contribution in [-0.2, 0) is 4.79 Å². The Balaban J connectivity index is 2.27. The zero-order valence-corrected chi connectivity index (χ0v) is 8.46. The third kappa shape index (κ3) is 3.13. The van der Waals surface area contributed by atoms with Crippen molar-refractivity contribution in [1.29, 1.82) is 0 Å². The van der Waals surface area contributed by atoms with E-state index in [1.54, 1.807) is 0 Å². The molecule has 0 aromatic rings. The van der Waals surface area contributed by atoms with E-state index in [2.05, 4.69) is 11.8 Å². The number of unbranched alkanes of at least 4 members (excludes halogenated alkanes) is 1. The Morgan fingerprint density at radius 1 is 1.50 bits per heavy atom. The summed E-state index contributed by atoms with van der Waals surface area (Å²) in [6.45, 7) is 0.639. The van der Waals surface area contributed by atoms with Crippen molar-refractivity contribution in [3.8, 4) is 11.8 Å². The maximum Gasteiger partial charge on any atom is 0.164 e. The number of hydrogen-bond donors (Lipinski definition) is 2. The standard InChI is InChI=1S/C11H18N2O/c12-8-3-1-2-7-10(13)11(14)9-5-4-6-9/h9-10H,1,3-6,8,12-13H2/t10-/m0/s1. The minimum Gasteiger partial charge on any atom is -0.330 e. The molecule has 1 fully saturated rings. The molecule has 0 radical (unpaired) electrons. The highest BCUT2D eigenvalue weighted by Crippen LogP contribution is 2.27. The molecular formula is C11H18N2O. The van der Waals surface area contributed by atoms with E-state index in [0.29, 0.717) is 6.54 Å². The first-order chi connectivity index (χ1) is 6.75. The molecule has 3 heteroatoms. The first-order valence-corrected chi connectivity index (χ1v) is 5.23. The molecule has 1 atom stereocenters. The van der Waals surface area contributed by atoms with Gasteiger partial charge in [0.2, 0.25) is 0 Å². The van der Waals surface area contributed by atoms with E-state index in [0.717, 1.165) is 32.1 Å². The maximum atomic E-state index is 11.5. The Kier molecular flexibility index (Phi) is 4.64. The second-order valence-corrected chi connectivity index (χ2v) is 3.72. The number of rotatable bonds is 4. The molecule has 0 heterocycles. The lowest BCUT2D eigenvalue weighted by atomic mass is 9.80. The summed E-state index contributed by atoms with van der Waals surface area (Å²) in [7, 11) is 0. The van der Waals surface area contributed by atoms with Gasteiger partial charge in [0.05, 0.1) is 0 Å².